The molecule has 0 aromatic heterocycles. The van der Waals surface area contributed by atoms with E-state index in [0.29, 0.717) is 29.5 Å². The first-order valence-electron chi connectivity index (χ1n) is 7.23. The summed E-state index contributed by atoms with van der Waals surface area (Å²) < 4.78 is 23.1. The third kappa shape index (κ3) is 4.89. The standard InChI is InChI=1S/C15H20ClNO3S2/c1-2-17(14-6-7-22(19,20)11-14)15(18)10-21-9-12-4-3-5-13(16)8-12/h3-5,8,14H,2,6-7,9-11H2,1H3. The van der Waals surface area contributed by atoms with E-state index in [0.717, 1.165) is 5.56 Å². The van der Waals surface area contributed by atoms with E-state index in [-0.39, 0.29) is 23.5 Å². The summed E-state index contributed by atoms with van der Waals surface area (Å²) in [6.07, 6.45) is 0.556. The maximum Gasteiger partial charge on any atom is 0.232 e. The zero-order valence-electron chi connectivity index (χ0n) is 12.5. The highest BCUT2D eigenvalue weighted by molar-refractivity contribution is 7.99. The van der Waals surface area contributed by atoms with Crippen LogP contribution >= 0.6 is 23.4 Å². The Hall–Kier alpha value is -0.720. The van der Waals surface area contributed by atoms with Crippen molar-refractivity contribution in [1.82, 2.24) is 4.90 Å². The number of nitrogens with zero attached hydrogens (tertiary/aromatic N) is 1. The number of rotatable bonds is 6. The molecule has 0 bridgehead atoms. The summed E-state index contributed by atoms with van der Waals surface area (Å²) in [4.78, 5) is 14.0. The number of hydrogen-bond acceptors (Lipinski definition) is 4. The van der Waals surface area contributed by atoms with E-state index < -0.39 is 9.84 Å². The van der Waals surface area contributed by atoms with E-state index >= 15 is 0 Å². The van der Waals surface area contributed by atoms with Crippen LogP contribution in [0.25, 0.3) is 0 Å². The van der Waals surface area contributed by atoms with Crippen LogP contribution in [0.5, 0.6) is 0 Å². The highest BCUT2D eigenvalue weighted by Crippen LogP contribution is 2.20. The van der Waals surface area contributed by atoms with Gasteiger partial charge in [0.1, 0.15) is 0 Å². The van der Waals surface area contributed by atoms with E-state index in [2.05, 4.69) is 0 Å². The zero-order valence-corrected chi connectivity index (χ0v) is 14.9. The molecule has 1 saturated heterocycles. The van der Waals surface area contributed by atoms with E-state index in [9.17, 15) is 13.2 Å². The Morgan fingerprint density at radius 2 is 2.23 bits per heavy atom. The molecule has 1 amide bonds. The van der Waals surface area contributed by atoms with Gasteiger partial charge in [0, 0.05) is 23.4 Å². The molecule has 1 atom stereocenters. The second-order valence-electron chi connectivity index (χ2n) is 5.36. The van der Waals surface area contributed by atoms with Crippen molar-refractivity contribution in [1.29, 1.82) is 0 Å². The van der Waals surface area contributed by atoms with Gasteiger partial charge in [0.2, 0.25) is 5.91 Å². The summed E-state index contributed by atoms with van der Waals surface area (Å²) in [6, 6.07) is 7.42. The van der Waals surface area contributed by atoms with Crippen molar-refractivity contribution in [2.75, 3.05) is 23.8 Å². The molecule has 122 valence electrons. The molecule has 1 aromatic carbocycles. The van der Waals surface area contributed by atoms with Gasteiger partial charge in [-0.05, 0) is 31.0 Å². The van der Waals surface area contributed by atoms with Gasteiger partial charge in [-0.25, -0.2) is 8.42 Å². The Morgan fingerprint density at radius 3 is 2.82 bits per heavy atom. The second kappa shape index (κ2) is 7.70. The Morgan fingerprint density at radius 1 is 1.45 bits per heavy atom. The molecule has 1 aromatic rings. The first kappa shape index (κ1) is 17.6. The van der Waals surface area contributed by atoms with Gasteiger partial charge >= 0.3 is 0 Å². The van der Waals surface area contributed by atoms with Crippen molar-refractivity contribution in [3.05, 3.63) is 34.9 Å². The minimum Gasteiger partial charge on any atom is -0.338 e. The molecule has 1 unspecified atom stereocenters. The molecule has 0 saturated carbocycles. The van der Waals surface area contributed by atoms with Crippen molar-refractivity contribution in [2.24, 2.45) is 0 Å². The fraction of sp³-hybridized carbons (Fsp3) is 0.533. The predicted octanol–water partition coefficient (Wildman–Crippen LogP) is 2.61. The quantitative estimate of drug-likeness (QED) is 0.781. The molecular weight excluding hydrogens is 342 g/mol. The van der Waals surface area contributed by atoms with Gasteiger partial charge in [-0.3, -0.25) is 4.79 Å². The number of hydrogen-bond donors (Lipinski definition) is 0. The van der Waals surface area contributed by atoms with Crippen LogP contribution in [0.2, 0.25) is 5.02 Å². The molecular formula is C15H20ClNO3S2. The van der Waals surface area contributed by atoms with Crippen molar-refractivity contribution in [3.8, 4) is 0 Å². The Balaban J connectivity index is 1.85. The first-order chi connectivity index (χ1) is 10.4. The van der Waals surface area contributed by atoms with Crippen LogP contribution in [0, 0.1) is 0 Å². The van der Waals surface area contributed by atoms with Gasteiger partial charge < -0.3 is 4.90 Å². The number of benzene rings is 1. The summed E-state index contributed by atoms with van der Waals surface area (Å²) in [5.41, 5.74) is 1.08. The normalized spacial score (nSPS) is 20.0. The zero-order chi connectivity index (χ0) is 16.2. The number of carbonyl (C=O) groups is 1. The molecule has 0 spiro atoms. The maximum absolute atomic E-state index is 12.3. The van der Waals surface area contributed by atoms with E-state index in [1.165, 1.54) is 11.8 Å². The predicted molar refractivity (Wildman–Crippen MR) is 92.1 cm³/mol. The van der Waals surface area contributed by atoms with Crippen LogP contribution in [0.3, 0.4) is 0 Å². The number of thioether (sulfide) groups is 1. The van der Waals surface area contributed by atoms with Gasteiger partial charge in [-0.1, -0.05) is 23.7 Å². The lowest BCUT2D eigenvalue weighted by molar-refractivity contribution is -0.129. The van der Waals surface area contributed by atoms with Crippen LogP contribution in [0.1, 0.15) is 18.9 Å². The lowest BCUT2D eigenvalue weighted by atomic mass is 10.2. The average molecular weight is 362 g/mol. The fourth-order valence-corrected chi connectivity index (χ4v) is 5.43. The van der Waals surface area contributed by atoms with Crippen LogP contribution < -0.4 is 0 Å². The van der Waals surface area contributed by atoms with E-state index in [1.54, 1.807) is 4.90 Å². The topological polar surface area (TPSA) is 54.5 Å². The summed E-state index contributed by atoms with van der Waals surface area (Å²) in [7, 11) is -2.97. The summed E-state index contributed by atoms with van der Waals surface area (Å²) in [5.74, 6) is 1.38. The van der Waals surface area contributed by atoms with Crippen molar-refractivity contribution in [2.45, 2.75) is 25.1 Å². The summed E-state index contributed by atoms with van der Waals surface area (Å²) in [5, 5.41) is 0.691. The molecule has 7 heteroatoms. The number of amides is 1. The molecule has 1 aliphatic heterocycles. The van der Waals surface area contributed by atoms with E-state index in [1.807, 2.05) is 31.2 Å². The molecule has 1 aliphatic rings. The van der Waals surface area contributed by atoms with Gasteiger partial charge in [-0.2, -0.15) is 0 Å². The molecule has 0 N–H and O–H groups in total. The van der Waals surface area contributed by atoms with Gasteiger partial charge in [0.05, 0.1) is 17.3 Å². The molecule has 0 radical (unpaired) electrons. The summed E-state index contributed by atoms with van der Waals surface area (Å²) in [6.45, 7) is 2.45. The smallest absolute Gasteiger partial charge is 0.232 e. The first-order valence-corrected chi connectivity index (χ1v) is 10.6. The summed E-state index contributed by atoms with van der Waals surface area (Å²) >= 11 is 7.46. The second-order valence-corrected chi connectivity index (χ2v) is 9.01. The molecule has 0 aliphatic carbocycles. The molecule has 1 heterocycles. The molecule has 4 nitrogen and oxygen atoms in total. The van der Waals surface area contributed by atoms with Crippen molar-refractivity contribution >= 4 is 39.1 Å². The van der Waals surface area contributed by atoms with Crippen molar-refractivity contribution < 1.29 is 13.2 Å². The molecule has 2 rings (SSSR count). The van der Waals surface area contributed by atoms with Gasteiger partial charge in [-0.15, -0.1) is 11.8 Å². The maximum atomic E-state index is 12.3. The molecule has 22 heavy (non-hydrogen) atoms. The number of carbonyl (C=O) groups excluding carboxylic acids is 1. The van der Waals surface area contributed by atoms with E-state index in [4.69, 9.17) is 11.6 Å². The van der Waals surface area contributed by atoms with Gasteiger partial charge in [0.25, 0.3) is 0 Å². The lowest BCUT2D eigenvalue weighted by Gasteiger charge is -2.26. The highest BCUT2D eigenvalue weighted by Gasteiger charge is 2.33. The SMILES string of the molecule is CCN(C(=O)CSCc1cccc(Cl)c1)C1CCS(=O)(=O)C1. The van der Waals surface area contributed by atoms with Gasteiger partial charge in [0.15, 0.2) is 9.84 Å². The number of halogens is 1. The Kier molecular flexibility index (Phi) is 6.17. The largest absolute Gasteiger partial charge is 0.338 e. The van der Waals surface area contributed by atoms with Crippen LogP contribution in [0.4, 0.5) is 0 Å². The molecule has 1 fully saturated rings. The third-order valence-electron chi connectivity index (χ3n) is 3.69. The monoisotopic (exact) mass is 361 g/mol. The lowest BCUT2D eigenvalue weighted by Crippen LogP contribution is -2.41. The Labute approximate surface area is 141 Å². The minimum atomic E-state index is -2.97. The van der Waals surface area contributed by atoms with Crippen LogP contribution in [-0.2, 0) is 20.4 Å². The van der Waals surface area contributed by atoms with Crippen LogP contribution in [0.15, 0.2) is 24.3 Å². The Bertz CT molecular complexity index is 633. The highest BCUT2D eigenvalue weighted by atomic mass is 35.5. The average Bonchev–Trinajstić information content (AvgIpc) is 2.80. The minimum absolute atomic E-state index is 0.0108. The third-order valence-corrected chi connectivity index (χ3v) is 6.67. The van der Waals surface area contributed by atoms with Crippen molar-refractivity contribution in [3.63, 3.8) is 0 Å². The number of sulfone groups is 1. The van der Waals surface area contributed by atoms with Crippen LogP contribution in [-0.4, -0.2) is 49.1 Å². The fourth-order valence-electron chi connectivity index (χ4n) is 2.63.